The minimum atomic E-state index is 0.358. The third-order valence-electron chi connectivity index (χ3n) is 3.88. The molecular weight excluding hydrogens is 492 g/mol. The number of rotatable bonds is 5. The van der Waals surface area contributed by atoms with Gasteiger partial charge in [-0.05, 0) is 76.2 Å². The van der Waals surface area contributed by atoms with Crippen molar-refractivity contribution >= 4 is 57.4 Å². The Kier molecular flexibility index (Phi) is 6.78. The number of hydrogen-bond acceptors (Lipinski definition) is 2. The van der Waals surface area contributed by atoms with E-state index in [0.29, 0.717) is 22.2 Å². The number of halogens is 3. The lowest BCUT2D eigenvalue weighted by atomic mass is 10.0. The molecule has 0 unspecified atom stereocenters. The second-order valence-corrected chi connectivity index (χ2v) is 7.86. The Bertz CT molecular complexity index is 1010. The Balaban J connectivity index is 1.71. The summed E-state index contributed by atoms with van der Waals surface area (Å²) in [6.45, 7) is 0.358. The predicted molar refractivity (Wildman–Crippen MR) is 120 cm³/mol. The minimum absolute atomic E-state index is 0.358. The molecule has 0 saturated heterocycles. The Hall–Kier alpha value is -2.00. The number of hydrogen-bond donors (Lipinski definition) is 0. The normalized spacial score (nSPS) is 11.1. The van der Waals surface area contributed by atoms with Gasteiger partial charge in [-0.2, -0.15) is 5.26 Å². The van der Waals surface area contributed by atoms with Crippen molar-refractivity contribution in [2.24, 2.45) is 0 Å². The Morgan fingerprint density at radius 3 is 2.33 bits per heavy atom. The highest BCUT2D eigenvalue weighted by Crippen LogP contribution is 2.24. The van der Waals surface area contributed by atoms with Gasteiger partial charge in [-0.1, -0.05) is 53.5 Å². The lowest BCUT2D eigenvalue weighted by Gasteiger charge is -2.08. The maximum atomic E-state index is 9.45. The van der Waals surface area contributed by atoms with Crippen molar-refractivity contribution in [1.29, 1.82) is 5.26 Å². The molecule has 27 heavy (non-hydrogen) atoms. The first-order valence-corrected chi connectivity index (χ1v) is 9.93. The first-order valence-electron chi connectivity index (χ1n) is 8.10. The van der Waals surface area contributed by atoms with Crippen LogP contribution >= 0.6 is 45.8 Å². The summed E-state index contributed by atoms with van der Waals surface area (Å²) >= 11 is 14.3. The summed E-state index contributed by atoms with van der Waals surface area (Å²) in [6, 6.07) is 23.0. The van der Waals surface area contributed by atoms with E-state index in [1.807, 2.05) is 60.7 Å². The molecule has 0 aliphatic carbocycles. The molecule has 0 radical (unpaired) electrons. The second kappa shape index (κ2) is 9.27. The quantitative estimate of drug-likeness (QED) is 0.208. The van der Waals surface area contributed by atoms with E-state index >= 15 is 0 Å². The summed E-state index contributed by atoms with van der Waals surface area (Å²) in [4.78, 5) is 0. The molecule has 0 heterocycles. The van der Waals surface area contributed by atoms with E-state index in [9.17, 15) is 5.26 Å². The molecule has 0 spiro atoms. The lowest BCUT2D eigenvalue weighted by molar-refractivity contribution is 0.306. The smallest absolute Gasteiger partial charge is 0.119 e. The molecule has 134 valence electrons. The minimum Gasteiger partial charge on any atom is -0.489 e. The van der Waals surface area contributed by atoms with E-state index in [2.05, 4.69) is 28.7 Å². The van der Waals surface area contributed by atoms with Crippen molar-refractivity contribution in [2.75, 3.05) is 0 Å². The zero-order valence-corrected chi connectivity index (χ0v) is 17.8. The van der Waals surface area contributed by atoms with E-state index in [0.717, 1.165) is 26.0 Å². The molecule has 3 aromatic rings. The van der Waals surface area contributed by atoms with E-state index < -0.39 is 0 Å². The summed E-state index contributed by atoms with van der Waals surface area (Å²) in [5.41, 5.74) is 3.32. The predicted octanol–water partition coefficient (Wildman–Crippen LogP) is 7.24. The average Bonchev–Trinajstić information content (AvgIpc) is 2.67. The first-order chi connectivity index (χ1) is 13.0. The van der Waals surface area contributed by atoms with Gasteiger partial charge in [-0.3, -0.25) is 0 Å². The van der Waals surface area contributed by atoms with Crippen LogP contribution in [0, 0.1) is 14.9 Å². The third kappa shape index (κ3) is 5.49. The van der Waals surface area contributed by atoms with Crippen molar-refractivity contribution in [3.05, 3.63) is 97.0 Å². The van der Waals surface area contributed by atoms with Gasteiger partial charge in [0.05, 0.1) is 11.6 Å². The summed E-state index contributed by atoms with van der Waals surface area (Å²) in [5, 5.41) is 10.6. The molecule has 0 atom stereocenters. The molecule has 0 aromatic heterocycles. The molecule has 5 heteroatoms. The molecular formula is C22H14Cl2INO. The van der Waals surface area contributed by atoms with E-state index in [-0.39, 0.29) is 0 Å². The fourth-order valence-electron chi connectivity index (χ4n) is 2.44. The van der Waals surface area contributed by atoms with Gasteiger partial charge in [0, 0.05) is 19.2 Å². The van der Waals surface area contributed by atoms with Crippen LogP contribution in [0.25, 0.3) is 11.6 Å². The average molecular weight is 506 g/mol. The van der Waals surface area contributed by atoms with Crippen LogP contribution < -0.4 is 4.74 Å². The fourth-order valence-corrected chi connectivity index (χ4v) is 3.26. The number of nitrogens with zero attached hydrogens (tertiary/aromatic N) is 1. The maximum absolute atomic E-state index is 9.45. The topological polar surface area (TPSA) is 33.0 Å². The van der Waals surface area contributed by atoms with Gasteiger partial charge in [0.2, 0.25) is 0 Å². The number of allylic oxidation sites excluding steroid dienone is 1. The monoisotopic (exact) mass is 505 g/mol. The molecule has 0 amide bonds. The van der Waals surface area contributed by atoms with Crippen LogP contribution in [-0.2, 0) is 6.61 Å². The van der Waals surface area contributed by atoms with Gasteiger partial charge in [-0.25, -0.2) is 0 Å². The Labute approximate surface area is 182 Å². The third-order valence-corrected chi connectivity index (χ3v) is 5.18. The van der Waals surface area contributed by atoms with Crippen LogP contribution in [0.5, 0.6) is 5.75 Å². The SMILES string of the molecule is N#C/C(=C/c1ccc(OCc2ccc(Cl)cc2Cl)cc1)c1ccc(I)cc1. The van der Waals surface area contributed by atoms with Crippen molar-refractivity contribution < 1.29 is 4.74 Å². The largest absolute Gasteiger partial charge is 0.489 e. The van der Waals surface area contributed by atoms with Crippen LogP contribution in [-0.4, -0.2) is 0 Å². The van der Waals surface area contributed by atoms with Crippen LogP contribution in [0.4, 0.5) is 0 Å². The van der Waals surface area contributed by atoms with Gasteiger partial charge in [0.15, 0.2) is 0 Å². The highest BCUT2D eigenvalue weighted by Gasteiger charge is 2.04. The van der Waals surface area contributed by atoms with E-state index in [1.165, 1.54) is 0 Å². The van der Waals surface area contributed by atoms with Gasteiger partial charge in [-0.15, -0.1) is 0 Å². The van der Waals surface area contributed by atoms with Gasteiger partial charge in [0.25, 0.3) is 0 Å². The number of nitriles is 1. The zero-order chi connectivity index (χ0) is 19.2. The van der Waals surface area contributed by atoms with Crippen molar-refractivity contribution in [1.82, 2.24) is 0 Å². The van der Waals surface area contributed by atoms with Crippen LogP contribution in [0.2, 0.25) is 10.0 Å². The molecule has 3 rings (SSSR count). The highest BCUT2D eigenvalue weighted by atomic mass is 127. The molecule has 2 nitrogen and oxygen atoms in total. The zero-order valence-electron chi connectivity index (χ0n) is 14.1. The number of benzene rings is 3. The van der Waals surface area contributed by atoms with Crippen LogP contribution in [0.3, 0.4) is 0 Å². The van der Waals surface area contributed by atoms with E-state index in [1.54, 1.807) is 12.1 Å². The molecule has 0 bridgehead atoms. The molecule has 0 fully saturated rings. The maximum Gasteiger partial charge on any atom is 0.119 e. The fraction of sp³-hybridized carbons (Fsp3) is 0.0455. The molecule has 0 aliphatic heterocycles. The number of ether oxygens (including phenoxy) is 1. The van der Waals surface area contributed by atoms with Crippen LogP contribution in [0.15, 0.2) is 66.7 Å². The standard InChI is InChI=1S/C22H14Cl2INO/c23-19-6-3-17(22(24)12-19)14-27-21-9-1-15(2-10-21)11-18(13-26)16-4-7-20(25)8-5-16/h1-12H,14H2/b18-11-. The summed E-state index contributed by atoms with van der Waals surface area (Å²) in [6.07, 6.45) is 1.86. The van der Waals surface area contributed by atoms with Crippen LogP contribution in [0.1, 0.15) is 16.7 Å². The molecule has 0 N–H and O–H groups in total. The van der Waals surface area contributed by atoms with Crippen molar-refractivity contribution in [3.8, 4) is 11.8 Å². The Morgan fingerprint density at radius 2 is 1.70 bits per heavy atom. The summed E-state index contributed by atoms with van der Waals surface area (Å²) in [7, 11) is 0. The summed E-state index contributed by atoms with van der Waals surface area (Å²) < 4.78 is 6.92. The summed E-state index contributed by atoms with van der Waals surface area (Å²) in [5.74, 6) is 0.728. The molecule has 3 aromatic carbocycles. The first kappa shape index (κ1) is 19.8. The lowest BCUT2D eigenvalue weighted by Crippen LogP contribution is -1.96. The van der Waals surface area contributed by atoms with Gasteiger partial charge < -0.3 is 4.74 Å². The van der Waals surface area contributed by atoms with Crippen molar-refractivity contribution in [2.45, 2.75) is 6.61 Å². The second-order valence-electron chi connectivity index (χ2n) is 5.77. The molecule has 0 saturated carbocycles. The van der Waals surface area contributed by atoms with E-state index in [4.69, 9.17) is 27.9 Å². The van der Waals surface area contributed by atoms with Gasteiger partial charge in [0.1, 0.15) is 12.4 Å². The molecule has 0 aliphatic rings. The Morgan fingerprint density at radius 1 is 1.00 bits per heavy atom. The van der Waals surface area contributed by atoms with Gasteiger partial charge >= 0.3 is 0 Å². The highest BCUT2D eigenvalue weighted by molar-refractivity contribution is 14.1. The van der Waals surface area contributed by atoms with Crippen molar-refractivity contribution in [3.63, 3.8) is 0 Å².